The van der Waals surface area contributed by atoms with Crippen LogP contribution in [0.3, 0.4) is 0 Å². The molecule has 1 aliphatic rings. The third kappa shape index (κ3) is 4.76. The molecule has 0 radical (unpaired) electrons. The van der Waals surface area contributed by atoms with Crippen molar-refractivity contribution in [3.8, 4) is 17.2 Å². The minimum Gasteiger partial charge on any atom is -0.493 e. The Bertz CT molecular complexity index is 502. The van der Waals surface area contributed by atoms with Gasteiger partial charge in [-0.05, 0) is 43.5 Å². The molecule has 2 rings (SSSR count). The quantitative estimate of drug-likeness (QED) is 0.759. The molecule has 1 unspecified atom stereocenters. The second kappa shape index (κ2) is 8.62. The molecule has 0 saturated carbocycles. The molecule has 0 bridgehead atoms. The first-order valence-corrected chi connectivity index (χ1v) is 7.97. The van der Waals surface area contributed by atoms with Crippen molar-refractivity contribution >= 4 is 5.91 Å². The van der Waals surface area contributed by atoms with Gasteiger partial charge in [0.15, 0.2) is 11.5 Å². The zero-order chi connectivity index (χ0) is 16.7. The van der Waals surface area contributed by atoms with Crippen molar-refractivity contribution in [1.82, 2.24) is 10.6 Å². The second-order valence-corrected chi connectivity index (χ2v) is 5.63. The Morgan fingerprint density at radius 1 is 1.22 bits per heavy atom. The van der Waals surface area contributed by atoms with E-state index in [9.17, 15) is 4.79 Å². The summed E-state index contributed by atoms with van der Waals surface area (Å²) in [5.74, 6) is 1.85. The summed E-state index contributed by atoms with van der Waals surface area (Å²) in [7, 11) is 4.75. The number of hydrogen-bond donors (Lipinski definition) is 2. The number of hydrogen-bond acceptors (Lipinski definition) is 5. The Morgan fingerprint density at radius 2 is 1.91 bits per heavy atom. The van der Waals surface area contributed by atoms with Gasteiger partial charge in [0.1, 0.15) is 0 Å². The average Bonchev–Trinajstić information content (AvgIpc) is 3.10. The molecule has 0 spiro atoms. The van der Waals surface area contributed by atoms with Crippen LogP contribution in [0, 0.1) is 0 Å². The van der Waals surface area contributed by atoms with Gasteiger partial charge >= 0.3 is 0 Å². The first-order chi connectivity index (χ1) is 11.2. The van der Waals surface area contributed by atoms with Gasteiger partial charge in [0, 0.05) is 19.0 Å². The standard InChI is InChI=1S/C17H26N2O4/c1-21-14-9-12(10-15(22-2)17(14)23-3)6-7-16(20)19-11-13-5-4-8-18-13/h9-10,13,18H,4-8,11H2,1-3H3,(H,19,20). The van der Waals surface area contributed by atoms with Crippen LogP contribution >= 0.6 is 0 Å². The van der Waals surface area contributed by atoms with Crippen molar-refractivity contribution in [1.29, 1.82) is 0 Å². The van der Waals surface area contributed by atoms with Gasteiger partial charge in [0.05, 0.1) is 21.3 Å². The second-order valence-electron chi connectivity index (χ2n) is 5.63. The molecule has 6 nitrogen and oxygen atoms in total. The van der Waals surface area contributed by atoms with Crippen LogP contribution in [0.25, 0.3) is 0 Å². The van der Waals surface area contributed by atoms with Gasteiger partial charge in [-0.1, -0.05) is 0 Å². The summed E-state index contributed by atoms with van der Waals surface area (Å²) < 4.78 is 16.0. The lowest BCUT2D eigenvalue weighted by Gasteiger charge is -2.14. The number of benzene rings is 1. The maximum absolute atomic E-state index is 12.0. The van der Waals surface area contributed by atoms with Crippen LogP contribution < -0.4 is 24.8 Å². The van der Waals surface area contributed by atoms with Crippen molar-refractivity contribution in [3.05, 3.63) is 17.7 Å². The molecule has 23 heavy (non-hydrogen) atoms. The van der Waals surface area contributed by atoms with E-state index in [0.717, 1.165) is 18.5 Å². The lowest BCUT2D eigenvalue weighted by atomic mass is 10.1. The maximum atomic E-state index is 12.0. The van der Waals surface area contributed by atoms with E-state index in [-0.39, 0.29) is 5.91 Å². The summed E-state index contributed by atoms with van der Waals surface area (Å²) >= 11 is 0. The number of ether oxygens (including phenoxy) is 3. The molecule has 1 aliphatic heterocycles. The van der Waals surface area contributed by atoms with Crippen LogP contribution in [0.15, 0.2) is 12.1 Å². The first-order valence-electron chi connectivity index (χ1n) is 7.97. The Balaban J connectivity index is 1.90. The van der Waals surface area contributed by atoms with Crippen LogP contribution in [0.4, 0.5) is 0 Å². The highest BCUT2D eigenvalue weighted by Gasteiger charge is 2.16. The number of carbonyl (C=O) groups is 1. The average molecular weight is 322 g/mol. The van der Waals surface area contributed by atoms with Crippen molar-refractivity contribution in [2.75, 3.05) is 34.4 Å². The summed E-state index contributed by atoms with van der Waals surface area (Å²) in [6, 6.07) is 4.18. The fourth-order valence-electron chi connectivity index (χ4n) is 2.79. The van der Waals surface area contributed by atoms with Crippen molar-refractivity contribution in [2.24, 2.45) is 0 Å². The van der Waals surface area contributed by atoms with E-state index in [2.05, 4.69) is 10.6 Å². The van der Waals surface area contributed by atoms with Crippen LogP contribution in [0.5, 0.6) is 17.2 Å². The van der Waals surface area contributed by atoms with Crippen molar-refractivity contribution < 1.29 is 19.0 Å². The molecule has 2 N–H and O–H groups in total. The molecule has 128 valence electrons. The van der Waals surface area contributed by atoms with Gasteiger partial charge < -0.3 is 24.8 Å². The van der Waals surface area contributed by atoms with Crippen LogP contribution in [0.2, 0.25) is 0 Å². The molecule has 6 heteroatoms. The first kappa shape index (κ1) is 17.4. The van der Waals surface area contributed by atoms with Gasteiger partial charge in [-0.2, -0.15) is 0 Å². The summed E-state index contributed by atoms with van der Waals surface area (Å²) in [6.07, 6.45) is 3.38. The molecule has 1 saturated heterocycles. The van der Waals surface area contributed by atoms with E-state index >= 15 is 0 Å². The molecular formula is C17H26N2O4. The fourth-order valence-corrected chi connectivity index (χ4v) is 2.79. The topological polar surface area (TPSA) is 68.8 Å². The predicted octanol–water partition coefficient (Wildman–Crippen LogP) is 1.51. The largest absolute Gasteiger partial charge is 0.493 e. The van der Waals surface area contributed by atoms with Gasteiger partial charge in [-0.25, -0.2) is 0 Å². The number of rotatable bonds is 8. The summed E-state index contributed by atoms with van der Waals surface area (Å²) in [5, 5.41) is 6.35. The van der Waals surface area contributed by atoms with E-state index in [1.54, 1.807) is 21.3 Å². The molecule has 0 aromatic heterocycles. The molecular weight excluding hydrogens is 296 g/mol. The van der Waals surface area contributed by atoms with Gasteiger partial charge in [-0.3, -0.25) is 4.79 Å². The number of aryl methyl sites for hydroxylation is 1. The Kier molecular flexibility index (Phi) is 6.52. The van der Waals surface area contributed by atoms with Crippen LogP contribution in [-0.2, 0) is 11.2 Å². The molecule has 1 aromatic rings. The Morgan fingerprint density at radius 3 is 2.43 bits per heavy atom. The zero-order valence-corrected chi connectivity index (χ0v) is 14.1. The van der Waals surface area contributed by atoms with E-state index in [1.807, 2.05) is 12.1 Å². The van der Waals surface area contributed by atoms with E-state index in [1.165, 1.54) is 6.42 Å². The monoisotopic (exact) mass is 322 g/mol. The summed E-state index contributed by atoms with van der Waals surface area (Å²) in [5.41, 5.74) is 0.980. The minimum absolute atomic E-state index is 0.0625. The molecule has 1 aromatic carbocycles. The van der Waals surface area contributed by atoms with Crippen LogP contribution in [0.1, 0.15) is 24.8 Å². The molecule has 1 fully saturated rings. The van der Waals surface area contributed by atoms with Gasteiger partial charge in [0.2, 0.25) is 11.7 Å². The smallest absolute Gasteiger partial charge is 0.220 e. The van der Waals surface area contributed by atoms with Crippen LogP contribution in [-0.4, -0.2) is 46.4 Å². The third-order valence-electron chi connectivity index (χ3n) is 4.07. The van der Waals surface area contributed by atoms with Gasteiger partial charge in [-0.15, -0.1) is 0 Å². The Hall–Kier alpha value is -1.95. The SMILES string of the molecule is COc1cc(CCC(=O)NCC2CCCN2)cc(OC)c1OC. The van der Waals surface area contributed by atoms with Gasteiger partial charge in [0.25, 0.3) is 0 Å². The summed E-state index contributed by atoms with van der Waals surface area (Å²) in [6.45, 7) is 1.75. The number of amides is 1. The van der Waals surface area contributed by atoms with Crippen molar-refractivity contribution in [2.45, 2.75) is 31.7 Å². The molecule has 1 heterocycles. The molecule has 0 aliphatic carbocycles. The third-order valence-corrected chi connectivity index (χ3v) is 4.07. The fraction of sp³-hybridized carbons (Fsp3) is 0.588. The zero-order valence-electron chi connectivity index (χ0n) is 14.1. The Labute approximate surface area is 137 Å². The lowest BCUT2D eigenvalue weighted by Crippen LogP contribution is -2.37. The highest BCUT2D eigenvalue weighted by Crippen LogP contribution is 2.38. The number of methoxy groups -OCH3 is 3. The summed E-state index contributed by atoms with van der Waals surface area (Å²) in [4.78, 5) is 12.0. The highest BCUT2D eigenvalue weighted by atomic mass is 16.5. The lowest BCUT2D eigenvalue weighted by molar-refractivity contribution is -0.121. The van der Waals surface area contributed by atoms with E-state index < -0.39 is 0 Å². The van der Waals surface area contributed by atoms with E-state index in [4.69, 9.17) is 14.2 Å². The molecule has 1 amide bonds. The minimum atomic E-state index is 0.0625. The predicted molar refractivity (Wildman–Crippen MR) is 88.5 cm³/mol. The number of carbonyl (C=O) groups excluding carboxylic acids is 1. The number of nitrogens with one attached hydrogen (secondary N) is 2. The highest BCUT2D eigenvalue weighted by molar-refractivity contribution is 5.76. The maximum Gasteiger partial charge on any atom is 0.220 e. The normalized spacial score (nSPS) is 16.9. The van der Waals surface area contributed by atoms with Crippen molar-refractivity contribution in [3.63, 3.8) is 0 Å². The van der Waals surface area contributed by atoms with E-state index in [0.29, 0.717) is 42.7 Å². The molecule has 1 atom stereocenters.